The van der Waals surface area contributed by atoms with Crippen molar-refractivity contribution in [3.63, 3.8) is 0 Å². The van der Waals surface area contributed by atoms with E-state index in [1.807, 2.05) is 6.92 Å². The molecule has 0 aliphatic carbocycles. The van der Waals surface area contributed by atoms with Gasteiger partial charge in [-0.1, -0.05) is 44.5 Å². The third kappa shape index (κ3) is 4.48. The molecule has 0 fully saturated rings. The van der Waals surface area contributed by atoms with Crippen LogP contribution in [0.4, 0.5) is 0 Å². The predicted molar refractivity (Wildman–Crippen MR) is 65.1 cm³/mol. The molecule has 1 heteroatoms. The van der Waals surface area contributed by atoms with Gasteiger partial charge < -0.3 is 5.11 Å². The van der Waals surface area contributed by atoms with Crippen LogP contribution in [0.1, 0.15) is 44.2 Å². The van der Waals surface area contributed by atoms with Crippen LogP contribution in [0, 0.1) is 0 Å². The fourth-order valence-corrected chi connectivity index (χ4v) is 1.77. The van der Waals surface area contributed by atoms with Crippen LogP contribution in [0.25, 0.3) is 0 Å². The number of aliphatic hydroxyl groups excluding tert-OH is 1. The number of benzene rings is 1. The summed E-state index contributed by atoms with van der Waals surface area (Å²) in [6.45, 7) is 4.23. The van der Waals surface area contributed by atoms with E-state index in [1.54, 1.807) is 0 Å². The van der Waals surface area contributed by atoms with Crippen LogP contribution < -0.4 is 0 Å². The monoisotopic (exact) mass is 206 g/mol. The van der Waals surface area contributed by atoms with Gasteiger partial charge in [-0.2, -0.15) is 0 Å². The Bertz CT molecular complexity index is 280. The Kier molecular flexibility index (Phi) is 5.41. The zero-order chi connectivity index (χ0) is 11.1. The summed E-state index contributed by atoms with van der Waals surface area (Å²) in [4.78, 5) is 0. The maximum atomic E-state index is 9.49. The molecular weight excluding hydrogens is 184 g/mol. The molecular formula is C14H22O. The van der Waals surface area contributed by atoms with Crippen molar-refractivity contribution in [1.82, 2.24) is 0 Å². The van der Waals surface area contributed by atoms with Crippen LogP contribution >= 0.6 is 0 Å². The molecule has 1 nitrogen and oxygen atoms in total. The summed E-state index contributed by atoms with van der Waals surface area (Å²) in [6, 6.07) is 8.73. The maximum absolute atomic E-state index is 9.49. The van der Waals surface area contributed by atoms with Gasteiger partial charge in [0.25, 0.3) is 0 Å². The lowest BCUT2D eigenvalue weighted by molar-refractivity contribution is 0.160. The first-order chi connectivity index (χ1) is 7.26. The quantitative estimate of drug-likeness (QED) is 0.757. The van der Waals surface area contributed by atoms with Crippen molar-refractivity contribution in [2.45, 2.75) is 52.1 Å². The summed E-state index contributed by atoms with van der Waals surface area (Å²) in [5, 5.41) is 9.49. The van der Waals surface area contributed by atoms with Crippen LogP contribution in [0.15, 0.2) is 24.3 Å². The topological polar surface area (TPSA) is 20.2 Å². The molecule has 0 aliphatic heterocycles. The number of hydrogen-bond acceptors (Lipinski definition) is 1. The molecule has 0 aromatic heterocycles. The first-order valence-electron chi connectivity index (χ1n) is 6.02. The number of rotatable bonds is 6. The zero-order valence-corrected chi connectivity index (χ0v) is 9.87. The molecule has 1 atom stereocenters. The van der Waals surface area contributed by atoms with E-state index in [0.717, 1.165) is 25.7 Å². The van der Waals surface area contributed by atoms with Gasteiger partial charge in [-0.25, -0.2) is 0 Å². The Labute approximate surface area is 93.1 Å². The summed E-state index contributed by atoms with van der Waals surface area (Å²) in [6.07, 6.45) is 4.94. The van der Waals surface area contributed by atoms with Crippen molar-refractivity contribution in [2.75, 3.05) is 0 Å². The molecule has 0 heterocycles. The molecule has 1 aromatic rings. The van der Waals surface area contributed by atoms with Crippen molar-refractivity contribution in [3.8, 4) is 0 Å². The van der Waals surface area contributed by atoms with Crippen LogP contribution in [-0.4, -0.2) is 11.2 Å². The molecule has 1 N–H and O–H groups in total. The lowest BCUT2D eigenvalue weighted by Crippen LogP contribution is -2.05. The second kappa shape index (κ2) is 6.62. The fraction of sp³-hybridized carbons (Fsp3) is 0.571. The SMILES string of the molecule is CCCc1cccc(CCC(O)CC)c1. The average Bonchev–Trinajstić information content (AvgIpc) is 2.27. The Balaban J connectivity index is 2.50. The highest BCUT2D eigenvalue weighted by molar-refractivity contribution is 5.23. The molecule has 0 amide bonds. The van der Waals surface area contributed by atoms with E-state index in [9.17, 15) is 5.11 Å². The zero-order valence-electron chi connectivity index (χ0n) is 9.87. The van der Waals surface area contributed by atoms with E-state index in [4.69, 9.17) is 0 Å². The van der Waals surface area contributed by atoms with Crippen molar-refractivity contribution in [1.29, 1.82) is 0 Å². The third-order valence-corrected chi connectivity index (χ3v) is 2.77. The number of aliphatic hydroxyl groups is 1. The Morgan fingerprint density at radius 2 is 1.80 bits per heavy atom. The smallest absolute Gasteiger partial charge is 0.0540 e. The van der Waals surface area contributed by atoms with E-state index in [2.05, 4.69) is 31.2 Å². The maximum Gasteiger partial charge on any atom is 0.0540 e. The second-order valence-corrected chi connectivity index (χ2v) is 4.17. The molecule has 0 saturated heterocycles. The highest BCUT2D eigenvalue weighted by atomic mass is 16.3. The van der Waals surface area contributed by atoms with Gasteiger partial charge in [0.2, 0.25) is 0 Å². The molecule has 15 heavy (non-hydrogen) atoms. The van der Waals surface area contributed by atoms with E-state index >= 15 is 0 Å². The summed E-state index contributed by atoms with van der Waals surface area (Å²) in [5.41, 5.74) is 2.77. The summed E-state index contributed by atoms with van der Waals surface area (Å²) in [5.74, 6) is 0. The Hall–Kier alpha value is -0.820. The molecule has 1 unspecified atom stereocenters. The minimum atomic E-state index is -0.139. The largest absolute Gasteiger partial charge is 0.393 e. The average molecular weight is 206 g/mol. The van der Waals surface area contributed by atoms with Gasteiger partial charge in [-0.3, -0.25) is 0 Å². The lowest BCUT2D eigenvalue weighted by atomic mass is 10.0. The van der Waals surface area contributed by atoms with E-state index in [1.165, 1.54) is 17.5 Å². The molecule has 0 aliphatic rings. The number of hydrogen-bond donors (Lipinski definition) is 1. The molecule has 84 valence electrons. The predicted octanol–water partition coefficient (Wildman–Crippen LogP) is 3.34. The van der Waals surface area contributed by atoms with Crippen LogP contribution in [0.2, 0.25) is 0 Å². The van der Waals surface area contributed by atoms with Gasteiger partial charge in [0, 0.05) is 0 Å². The molecule has 0 saturated carbocycles. The van der Waals surface area contributed by atoms with Gasteiger partial charge >= 0.3 is 0 Å². The molecule has 0 bridgehead atoms. The minimum absolute atomic E-state index is 0.139. The molecule has 1 rings (SSSR count). The van der Waals surface area contributed by atoms with Crippen molar-refractivity contribution >= 4 is 0 Å². The van der Waals surface area contributed by atoms with Gasteiger partial charge in [0.05, 0.1) is 6.10 Å². The van der Waals surface area contributed by atoms with E-state index < -0.39 is 0 Å². The Morgan fingerprint density at radius 1 is 1.13 bits per heavy atom. The normalized spacial score (nSPS) is 12.7. The molecule has 1 aromatic carbocycles. The second-order valence-electron chi connectivity index (χ2n) is 4.17. The van der Waals surface area contributed by atoms with Gasteiger partial charge in [-0.15, -0.1) is 0 Å². The minimum Gasteiger partial charge on any atom is -0.393 e. The standard InChI is InChI=1S/C14H22O/c1-3-6-12-7-5-8-13(11-12)9-10-14(15)4-2/h5,7-8,11,14-15H,3-4,6,9-10H2,1-2H3. The number of aryl methyl sites for hydroxylation is 2. The van der Waals surface area contributed by atoms with Crippen molar-refractivity contribution < 1.29 is 5.11 Å². The van der Waals surface area contributed by atoms with Gasteiger partial charge in [0.15, 0.2) is 0 Å². The van der Waals surface area contributed by atoms with E-state index in [-0.39, 0.29) is 6.10 Å². The fourth-order valence-electron chi connectivity index (χ4n) is 1.77. The third-order valence-electron chi connectivity index (χ3n) is 2.77. The van der Waals surface area contributed by atoms with Crippen molar-refractivity contribution in [2.24, 2.45) is 0 Å². The summed E-state index contributed by atoms with van der Waals surface area (Å²) in [7, 11) is 0. The highest BCUT2D eigenvalue weighted by Crippen LogP contribution is 2.11. The first kappa shape index (κ1) is 12.3. The lowest BCUT2D eigenvalue weighted by Gasteiger charge is -2.08. The van der Waals surface area contributed by atoms with Gasteiger partial charge in [-0.05, 0) is 36.8 Å². The van der Waals surface area contributed by atoms with Crippen LogP contribution in [0.3, 0.4) is 0 Å². The summed E-state index contributed by atoms with van der Waals surface area (Å²) < 4.78 is 0. The highest BCUT2D eigenvalue weighted by Gasteiger charge is 2.01. The first-order valence-corrected chi connectivity index (χ1v) is 6.02. The van der Waals surface area contributed by atoms with E-state index in [0.29, 0.717) is 0 Å². The Morgan fingerprint density at radius 3 is 2.40 bits per heavy atom. The summed E-state index contributed by atoms with van der Waals surface area (Å²) >= 11 is 0. The molecule has 0 spiro atoms. The van der Waals surface area contributed by atoms with Crippen molar-refractivity contribution in [3.05, 3.63) is 35.4 Å². The van der Waals surface area contributed by atoms with Gasteiger partial charge in [0.1, 0.15) is 0 Å². The molecule has 0 radical (unpaired) electrons. The van der Waals surface area contributed by atoms with Crippen LogP contribution in [-0.2, 0) is 12.8 Å². The van der Waals surface area contributed by atoms with Crippen LogP contribution in [0.5, 0.6) is 0 Å².